The molecule has 0 amide bonds. The average Bonchev–Trinajstić information content (AvgIpc) is 2.90. The van der Waals surface area contributed by atoms with Crippen LogP contribution in [-0.2, 0) is 10.2 Å². The molecule has 1 fully saturated rings. The first-order chi connectivity index (χ1) is 17.8. The smallest absolute Gasteiger partial charge is 0.313 e. The van der Waals surface area contributed by atoms with Gasteiger partial charge in [0.15, 0.2) is 0 Å². The summed E-state index contributed by atoms with van der Waals surface area (Å²) in [6, 6.07) is 26.0. The zero-order valence-electron chi connectivity index (χ0n) is 21.7. The first-order valence-corrected chi connectivity index (χ1v) is 13.1. The monoisotopic (exact) mass is 499 g/mol. The Labute approximate surface area is 219 Å². The number of likely N-dealkylation sites (tertiary alicyclic amines) is 1. The van der Waals surface area contributed by atoms with E-state index >= 15 is 0 Å². The number of rotatable bonds is 9. The minimum atomic E-state index is -1.11. The van der Waals surface area contributed by atoms with Crippen molar-refractivity contribution in [2.45, 2.75) is 51.0 Å². The highest BCUT2D eigenvalue weighted by atomic mass is 16.4. The van der Waals surface area contributed by atoms with Crippen LogP contribution in [0.4, 0.5) is 0 Å². The van der Waals surface area contributed by atoms with Crippen molar-refractivity contribution in [2.75, 3.05) is 19.6 Å². The maximum atomic E-state index is 11.5. The van der Waals surface area contributed by atoms with E-state index in [1.165, 1.54) is 28.3 Å². The van der Waals surface area contributed by atoms with E-state index in [4.69, 9.17) is 0 Å². The number of piperidine rings is 1. The van der Waals surface area contributed by atoms with Crippen LogP contribution in [0.2, 0.25) is 0 Å². The number of carboxylic acids is 1. The number of aliphatic hydroxyl groups is 1. The maximum absolute atomic E-state index is 11.5. The molecule has 5 nitrogen and oxygen atoms in total. The predicted octanol–water partition coefficient (Wildman–Crippen LogP) is 6.17. The van der Waals surface area contributed by atoms with Crippen molar-refractivity contribution < 1.29 is 20.1 Å². The Morgan fingerprint density at radius 1 is 0.919 bits per heavy atom. The van der Waals surface area contributed by atoms with E-state index in [9.17, 15) is 20.1 Å². The number of aromatic hydroxyl groups is 1. The molecule has 0 aliphatic carbocycles. The van der Waals surface area contributed by atoms with Gasteiger partial charge in [0.05, 0.1) is 11.5 Å². The first-order valence-electron chi connectivity index (χ1n) is 13.1. The summed E-state index contributed by atoms with van der Waals surface area (Å²) in [6.07, 6.45) is 2.59. The summed E-state index contributed by atoms with van der Waals surface area (Å²) >= 11 is 0. The van der Waals surface area contributed by atoms with Gasteiger partial charge in [-0.05, 0) is 74.4 Å². The van der Waals surface area contributed by atoms with Gasteiger partial charge in [0.2, 0.25) is 0 Å². The van der Waals surface area contributed by atoms with Gasteiger partial charge < -0.3 is 20.2 Å². The number of aliphatic hydroxyl groups excluding tert-OH is 1. The topological polar surface area (TPSA) is 81.0 Å². The van der Waals surface area contributed by atoms with Crippen LogP contribution in [0.1, 0.15) is 67.9 Å². The second-order valence-electron chi connectivity index (χ2n) is 10.4. The molecule has 0 aromatic heterocycles. The molecule has 1 aliphatic heterocycles. The molecule has 0 saturated carbocycles. The summed E-state index contributed by atoms with van der Waals surface area (Å²) in [7, 11) is 0. The zero-order valence-corrected chi connectivity index (χ0v) is 21.7. The number of carboxylic acid groups (broad SMARTS) is 1. The van der Waals surface area contributed by atoms with Crippen molar-refractivity contribution in [1.82, 2.24) is 4.90 Å². The number of carbonyl (C=O) groups is 1. The lowest BCUT2D eigenvalue weighted by Gasteiger charge is -2.30. The van der Waals surface area contributed by atoms with Crippen molar-refractivity contribution >= 4 is 11.5 Å². The molecular formula is C32H37NO4. The van der Waals surface area contributed by atoms with E-state index in [1.807, 2.05) is 0 Å². The number of hydrogen-bond donors (Lipinski definition) is 3. The lowest BCUT2D eigenvalue weighted by Crippen LogP contribution is -2.32. The number of nitrogens with zero attached hydrogens (tertiary/aromatic N) is 1. The molecule has 1 atom stereocenters. The normalized spacial score (nSPS) is 15.4. The number of phenolic OH excluding ortho intramolecular Hbond substituents is 1. The Balaban J connectivity index is 1.35. The maximum Gasteiger partial charge on any atom is 0.313 e. The molecule has 4 rings (SSSR count). The summed E-state index contributed by atoms with van der Waals surface area (Å²) < 4.78 is 0. The first kappa shape index (κ1) is 26.6. The van der Waals surface area contributed by atoms with Crippen molar-refractivity contribution in [3.8, 4) is 5.75 Å². The molecule has 37 heavy (non-hydrogen) atoms. The fourth-order valence-electron chi connectivity index (χ4n) is 5.08. The second kappa shape index (κ2) is 11.8. The quantitative estimate of drug-likeness (QED) is 0.328. The Bertz CT molecular complexity index is 1180. The Morgan fingerprint density at radius 2 is 1.49 bits per heavy atom. The van der Waals surface area contributed by atoms with E-state index in [0.29, 0.717) is 17.5 Å². The molecule has 3 aromatic rings. The molecule has 1 aliphatic rings. The molecule has 1 heterocycles. The Hall–Kier alpha value is -3.41. The minimum Gasteiger partial charge on any atom is -0.508 e. The number of benzene rings is 3. The Morgan fingerprint density at radius 3 is 2.00 bits per heavy atom. The van der Waals surface area contributed by atoms with Crippen LogP contribution in [0.25, 0.3) is 5.57 Å². The number of hydrogen-bond acceptors (Lipinski definition) is 4. The summed E-state index contributed by atoms with van der Waals surface area (Å²) in [5, 5.41) is 30.6. The van der Waals surface area contributed by atoms with Gasteiger partial charge in [-0.25, -0.2) is 0 Å². The summed E-state index contributed by atoms with van der Waals surface area (Å²) in [5.74, 6) is -1.01. The van der Waals surface area contributed by atoms with E-state index in [2.05, 4.69) is 65.6 Å². The third-order valence-electron chi connectivity index (χ3n) is 7.54. The van der Waals surface area contributed by atoms with Crippen LogP contribution in [0, 0.1) is 0 Å². The van der Waals surface area contributed by atoms with Gasteiger partial charge in [-0.1, -0.05) is 78.4 Å². The molecular weight excluding hydrogens is 462 g/mol. The largest absolute Gasteiger partial charge is 0.508 e. The van der Waals surface area contributed by atoms with Gasteiger partial charge in [0.25, 0.3) is 0 Å². The average molecular weight is 500 g/mol. The highest BCUT2D eigenvalue weighted by Gasteiger charge is 2.30. The third-order valence-corrected chi connectivity index (χ3v) is 7.54. The van der Waals surface area contributed by atoms with E-state index in [-0.39, 0.29) is 5.75 Å². The van der Waals surface area contributed by atoms with Crippen LogP contribution in [0.15, 0.2) is 84.4 Å². The lowest BCUT2D eigenvalue weighted by atomic mass is 9.84. The molecule has 3 aromatic carbocycles. The molecule has 0 bridgehead atoms. The second-order valence-corrected chi connectivity index (χ2v) is 10.4. The number of aliphatic carboxylic acids is 1. The SMILES string of the molecule is CC(C)(C(=O)O)c1ccc(C(O)CCCN2CCC(=C(c3ccccc3)c3ccccc3)CC2)c(O)c1. The third kappa shape index (κ3) is 6.30. The van der Waals surface area contributed by atoms with Crippen LogP contribution in [0.5, 0.6) is 5.75 Å². The van der Waals surface area contributed by atoms with Crippen molar-refractivity contribution in [3.05, 3.63) is 107 Å². The molecule has 5 heteroatoms. The standard InChI is InChI=1S/C32H37NO4/c1-32(2,31(36)37)26-15-16-27(29(35)22-26)28(34)14-9-19-33-20-17-25(18-21-33)30(23-10-5-3-6-11-23)24-12-7-4-8-13-24/h3-8,10-13,15-16,22,28,34-35H,9,14,17-21H2,1-2H3,(H,36,37). The van der Waals surface area contributed by atoms with E-state index in [1.54, 1.807) is 26.0 Å². The fourth-order valence-corrected chi connectivity index (χ4v) is 5.08. The van der Waals surface area contributed by atoms with Crippen molar-refractivity contribution in [2.24, 2.45) is 0 Å². The lowest BCUT2D eigenvalue weighted by molar-refractivity contribution is -0.142. The summed E-state index contributed by atoms with van der Waals surface area (Å²) in [4.78, 5) is 14.0. The molecule has 0 radical (unpaired) electrons. The van der Waals surface area contributed by atoms with Crippen LogP contribution in [0.3, 0.4) is 0 Å². The highest BCUT2D eigenvalue weighted by Crippen LogP contribution is 2.34. The molecule has 194 valence electrons. The minimum absolute atomic E-state index is 0.0542. The Kier molecular flexibility index (Phi) is 8.47. The van der Waals surface area contributed by atoms with E-state index in [0.717, 1.165) is 38.9 Å². The van der Waals surface area contributed by atoms with Crippen LogP contribution in [-0.4, -0.2) is 45.8 Å². The van der Waals surface area contributed by atoms with Crippen molar-refractivity contribution in [1.29, 1.82) is 0 Å². The van der Waals surface area contributed by atoms with Gasteiger partial charge in [0, 0.05) is 18.7 Å². The van der Waals surface area contributed by atoms with Gasteiger partial charge in [-0.3, -0.25) is 4.79 Å². The fraction of sp³-hybridized carbons (Fsp3) is 0.344. The molecule has 1 unspecified atom stereocenters. The van der Waals surface area contributed by atoms with Gasteiger partial charge in [-0.2, -0.15) is 0 Å². The van der Waals surface area contributed by atoms with E-state index < -0.39 is 17.5 Å². The van der Waals surface area contributed by atoms with Crippen LogP contribution < -0.4 is 0 Å². The van der Waals surface area contributed by atoms with Gasteiger partial charge in [-0.15, -0.1) is 0 Å². The molecule has 3 N–H and O–H groups in total. The predicted molar refractivity (Wildman–Crippen MR) is 148 cm³/mol. The highest BCUT2D eigenvalue weighted by molar-refractivity contribution is 5.82. The number of phenols is 1. The zero-order chi connectivity index (χ0) is 26.4. The van der Waals surface area contributed by atoms with Gasteiger partial charge in [0.1, 0.15) is 5.75 Å². The van der Waals surface area contributed by atoms with Gasteiger partial charge >= 0.3 is 5.97 Å². The van der Waals surface area contributed by atoms with Crippen LogP contribution >= 0.6 is 0 Å². The van der Waals surface area contributed by atoms with Crippen molar-refractivity contribution in [3.63, 3.8) is 0 Å². The summed E-state index contributed by atoms with van der Waals surface area (Å²) in [6.45, 7) is 6.06. The summed E-state index contributed by atoms with van der Waals surface area (Å²) in [5.41, 5.74) is 5.21. The molecule has 1 saturated heterocycles. The molecule has 0 spiro atoms.